The highest BCUT2D eigenvalue weighted by Gasteiger charge is 2.37. The molecule has 0 radical (unpaired) electrons. The van der Waals surface area contributed by atoms with Crippen molar-refractivity contribution < 1.29 is 32.9 Å². The van der Waals surface area contributed by atoms with Gasteiger partial charge in [0, 0.05) is 6.42 Å². The summed E-state index contributed by atoms with van der Waals surface area (Å²) in [5.41, 5.74) is 0.146. The van der Waals surface area contributed by atoms with Gasteiger partial charge in [-0.05, 0) is 50.2 Å². The number of aliphatic hydroxyl groups excluding tert-OH is 1. The molecule has 32 heavy (non-hydrogen) atoms. The van der Waals surface area contributed by atoms with Crippen molar-refractivity contribution in [1.82, 2.24) is 0 Å². The maximum atomic E-state index is 12.3. The number of hydrogen-bond donors (Lipinski definition) is 2. The normalized spacial score (nSPS) is 20.8. The van der Waals surface area contributed by atoms with Crippen LogP contribution in [0.5, 0.6) is 0 Å². The van der Waals surface area contributed by atoms with Gasteiger partial charge < -0.3 is 19.7 Å². The predicted molar refractivity (Wildman–Crippen MR) is 123 cm³/mol. The maximum Gasteiger partial charge on any atom is 0.313 e. The summed E-state index contributed by atoms with van der Waals surface area (Å²) in [5.74, 6) is -1.78. The Balaban J connectivity index is 2.07. The quantitative estimate of drug-likeness (QED) is 0.482. The van der Waals surface area contributed by atoms with Gasteiger partial charge in [-0.1, -0.05) is 44.5 Å². The Morgan fingerprint density at radius 2 is 1.91 bits per heavy atom. The Labute approximate surface area is 192 Å². The number of ether oxygens (including phenoxy) is 2. The second-order valence-corrected chi connectivity index (χ2v) is 12.5. The summed E-state index contributed by atoms with van der Waals surface area (Å²) >= 11 is 0. The lowest BCUT2D eigenvalue weighted by atomic mass is 9.76. The van der Waals surface area contributed by atoms with E-state index in [0.29, 0.717) is 32.3 Å². The van der Waals surface area contributed by atoms with Crippen LogP contribution in [0.4, 0.5) is 0 Å². The van der Waals surface area contributed by atoms with Gasteiger partial charge in [0.15, 0.2) is 15.6 Å². The molecule has 1 saturated heterocycles. The van der Waals surface area contributed by atoms with Gasteiger partial charge in [-0.25, -0.2) is 8.42 Å². The van der Waals surface area contributed by atoms with E-state index in [4.69, 9.17) is 14.6 Å². The number of carboxylic acid groups (broad SMARTS) is 1. The highest BCUT2D eigenvalue weighted by molar-refractivity contribution is 7.91. The third-order valence-corrected chi connectivity index (χ3v) is 8.14. The number of rotatable bonds is 12. The summed E-state index contributed by atoms with van der Waals surface area (Å²) in [7, 11) is -3.34. The summed E-state index contributed by atoms with van der Waals surface area (Å²) in [5, 5.41) is 19.0. The topological polar surface area (TPSA) is 110 Å². The van der Waals surface area contributed by atoms with Crippen molar-refractivity contribution in [3.63, 3.8) is 0 Å². The summed E-state index contributed by atoms with van der Waals surface area (Å²) in [6, 6.07) is 7.61. The van der Waals surface area contributed by atoms with E-state index in [1.54, 1.807) is 6.92 Å². The molecule has 0 unspecified atom stereocenters. The van der Waals surface area contributed by atoms with E-state index in [1.807, 2.05) is 52.0 Å². The molecule has 0 saturated carbocycles. The molecule has 1 aliphatic heterocycles. The van der Waals surface area contributed by atoms with Crippen molar-refractivity contribution in [2.75, 3.05) is 24.7 Å². The number of hydrogen-bond acceptors (Lipinski definition) is 6. The molecule has 182 valence electrons. The first kappa shape index (κ1) is 26.8. The fraction of sp³-hybridized carbons (Fsp3) is 0.708. The lowest BCUT2D eigenvalue weighted by Gasteiger charge is -2.29. The molecule has 7 nitrogen and oxygen atoms in total. The number of carboxylic acids is 1. The first-order chi connectivity index (χ1) is 14.7. The summed E-state index contributed by atoms with van der Waals surface area (Å²) in [6.45, 7) is 9.33. The zero-order valence-corrected chi connectivity index (χ0v) is 20.7. The van der Waals surface area contributed by atoms with Gasteiger partial charge >= 0.3 is 5.97 Å². The minimum Gasteiger partial charge on any atom is -0.481 e. The molecule has 0 aromatic heterocycles. The van der Waals surface area contributed by atoms with Gasteiger partial charge in [0.2, 0.25) is 0 Å². The van der Waals surface area contributed by atoms with E-state index in [0.717, 1.165) is 11.1 Å². The Hall–Kier alpha value is -1.48. The Kier molecular flexibility index (Phi) is 8.53. The molecule has 0 spiro atoms. The van der Waals surface area contributed by atoms with E-state index >= 15 is 0 Å². The van der Waals surface area contributed by atoms with Crippen molar-refractivity contribution in [3.8, 4) is 0 Å². The average molecular weight is 471 g/mol. The zero-order chi connectivity index (χ0) is 24.2. The highest BCUT2D eigenvalue weighted by Crippen LogP contribution is 2.35. The second-order valence-electron chi connectivity index (χ2n) is 10.3. The Bertz CT molecular complexity index is 891. The monoisotopic (exact) mass is 470 g/mol. The smallest absolute Gasteiger partial charge is 0.313 e. The number of aliphatic carboxylic acids is 1. The lowest BCUT2D eigenvalue weighted by molar-refractivity contribution is -0.143. The molecule has 1 heterocycles. The molecule has 0 aliphatic carbocycles. The fourth-order valence-electron chi connectivity index (χ4n) is 4.34. The van der Waals surface area contributed by atoms with Gasteiger partial charge in [-0.15, -0.1) is 0 Å². The number of benzene rings is 1. The van der Waals surface area contributed by atoms with Gasteiger partial charge in [-0.2, -0.15) is 0 Å². The Morgan fingerprint density at radius 3 is 2.47 bits per heavy atom. The molecule has 1 aromatic rings. The zero-order valence-electron chi connectivity index (χ0n) is 19.9. The van der Waals surface area contributed by atoms with Crippen LogP contribution in [0.3, 0.4) is 0 Å². The maximum absolute atomic E-state index is 12.3. The van der Waals surface area contributed by atoms with Crippen molar-refractivity contribution in [1.29, 1.82) is 0 Å². The van der Waals surface area contributed by atoms with Gasteiger partial charge in [-0.3, -0.25) is 4.79 Å². The Morgan fingerprint density at radius 1 is 1.22 bits per heavy atom. The molecular weight excluding hydrogens is 432 g/mol. The molecule has 1 aliphatic rings. The van der Waals surface area contributed by atoms with Gasteiger partial charge in [0.25, 0.3) is 0 Å². The minimum absolute atomic E-state index is 0.0281. The summed E-state index contributed by atoms with van der Waals surface area (Å²) in [4.78, 5) is 12.3. The van der Waals surface area contributed by atoms with E-state index in [9.17, 15) is 18.3 Å². The fourth-order valence-corrected chi connectivity index (χ4v) is 6.10. The van der Waals surface area contributed by atoms with Crippen LogP contribution in [0.15, 0.2) is 24.3 Å². The van der Waals surface area contributed by atoms with Gasteiger partial charge in [0.05, 0.1) is 36.2 Å². The number of aliphatic hydroxyl groups is 1. The molecule has 1 aromatic carbocycles. The minimum atomic E-state index is -3.34. The van der Waals surface area contributed by atoms with Crippen molar-refractivity contribution in [2.45, 2.75) is 77.6 Å². The van der Waals surface area contributed by atoms with Crippen LogP contribution >= 0.6 is 0 Å². The molecule has 2 N–H and O–H groups in total. The van der Waals surface area contributed by atoms with Crippen molar-refractivity contribution in [2.24, 2.45) is 5.41 Å². The van der Waals surface area contributed by atoms with Crippen LogP contribution in [0.25, 0.3) is 0 Å². The molecular formula is C24H38O7S. The van der Waals surface area contributed by atoms with Crippen molar-refractivity contribution in [3.05, 3.63) is 35.4 Å². The highest BCUT2D eigenvalue weighted by atomic mass is 32.2. The largest absolute Gasteiger partial charge is 0.481 e. The van der Waals surface area contributed by atoms with Crippen LogP contribution in [0.1, 0.15) is 65.0 Å². The van der Waals surface area contributed by atoms with Crippen LogP contribution < -0.4 is 0 Å². The molecule has 8 heteroatoms. The van der Waals surface area contributed by atoms with Crippen LogP contribution in [0, 0.1) is 5.41 Å². The molecule has 0 amide bonds. The van der Waals surface area contributed by atoms with Gasteiger partial charge in [0.1, 0.15) is 0 Å². The first-order valence-corrected chi connectivity index (χ1v) is 13.0. The van der Waals surface area contributed by atoms with Crippen LogP contribution in [0.2, 0.25) is 0 Å². The second kappa shape index (κ2) is 10.2. The van der Waals surface area contributed by atoms with E-state index in [-0.39, 0.29) is 24.2 Å². The average Bonchev–Trinajstić information content (AvgIpc) is 2.98. The third-order valence-electron chi connectivity index (χ3n) is 6.11. The van der Waals surface area contributed by atoms with E-state index < -0.39 is 32.4 Å². The third kappa shape index (κ3) is 7.54. The SMILES string of the molecule is CC(C)(CCC[C@@](C)(C(=O)O)c1cccc(C[C@@H]2COC(C)(C)O2)c1)CS(=O)(=O)CCO. The van der Waals surface area contributed by atoms with Crippen LogP contribution in [-0.2, 0) is 35.9 Å². The summed E-state index contributed by atoms with van der Waals surface area (Å²) < 4.78 is 35.7. The lowest BCUT2D eigenvalue weighted by Crippen LogP contribution is -2.33. The molecule has 2 atom stereocenters. The molecule has 2 rings (SSSR count). The van der Waals surface area contributed by atoms with E-state index in [2.05, 4.69) is 0 Å². The predicted octanol–water partition coefficient (Wildman–Crippen LogP) is 3.33. The first-order valence-electron chi connectivity index (χ1n) is 11.1. The van der Waals surface area contributed by atoms with Crippen molar-refractivity contribution >= 4 is 15.8 Å². The molecule has 0 bridgehead atoms. The number of sulfone groups is 1. The number of carbonyl (C=O) groups is 1. The molecule has 1 fully saturated rings. The summed E-state index contributed by atoms with van der Waals surface area (Å²) in [6.07, 6.45) is 2.11. The standard InChI is InChI=1S/C24H38O7S/c1-22(2,17-32(28,29)13-12-25)10-7-11-24(5,21(26)27)19-9-6-8-18(14-19)15-20-16-30-23(3,4)31-20/h6,8-9,14,20,25H,7,10-13,15-17H2,1-5H3,(H,26,27)/t20-,24-/m1/s1. The van der Waals surface area contributed by atoms with Crippen LogP contribution in [-0.4, -0.2) is 61.2 Å². The van der Waals surface area contributed by atoms with E-state index in [1.165, 1.54) is 0 Å².